The first-order valence-corrected chi connectivity index (χ1v) is 12.0. The normalized spacial score (nSPS) is 15.8. The van der Waals surface area contributed by atoms with Gasteiger partial charge in [-0.3, -0.25) is 9.67 Å². The van der Waals surface area contributed by atoms with Crippen LogP contribution in [0.2, 0.25) is 0 Å². The summed E-state index contributed by atoms with van der Waals surface area (Å²) in [5, 5.41) is 9.08. The lowest BCUT2D eigenvalue weighted by Crippen LogP contribution is -2.37. The monoisotopic (exact) mass is 483 g/mol. The molecule has 1 N–H and O–H groups in total. The van der Waals surface area contributed by atoms with E-state index in [1.165, 1.54) is 6.21 Å². The average molecular weight is 484 g/mol. The van der Waals surface area contributed by atoms with Crippen molar-refractivity contribution in [3.8, 4) is 11.3 Å². The predicted molar refractivity (Wildman–Crippen MR) is 141 cm³/mol. The third kappa shape index (κ3) is 4.22. The van der Waals surface area contributed by atoms with Gasteiger partial charge in [-0.15, -0.1) is 0 Å². The first kappa shape index (κ1) is 22.4. The minimum atomic E-state index is -0.271. The SMILES string of the molecule is Cc1nn(C)c2cc(-c3cc(Nc4ccc(C5=C(F)C=NC5)cc4)nc(N4CCOCC4)n3)ccc12. The molecular weight excluding hydrogens is 457 g/mol. The largest absolute Gasteiger partial charge is 0.378 e. The van der Waals surface area contributed by atoms with E-state index in [0.29, 0.717) is 37.1 Å². The number of anilines is 3. The second kappa shape index (κ2) is 9.16. The molecule has 0 unspecified atom stereocenters. The molecule has 1 fully saturated rings. The zero-order chi connectivity index (χ0) is 24.6. The molecule has 0 spiro atoms. The summed E-state index contributed by atoms with van der Waals surface area (Å²) in [5.41, 5.74) is 6.16. The number of halogens is 1. The lowest BCUT2D eigenvalue weighted by Gasteiger charge is -2.27. The van der Waals surface area contributed by atoms with Gasteiger partial charge in [0.05, 0.1) is 42.9 Å². The zero-order valence-corrected chi connectivity index (χ0v) is 20.2. The number of nitrogens with one attached hydrogen (secondary N) is 1. The van der Waals surface area contributed by atoms with E-state index >= 15 is 0 Å². The van der Waals surface area contributed by atoms with E-state index < -0.39 is 0 Å². The maximum atomic E-state index is 14.0. The third-order valence-electron chi connectivity index (χ3n) is 6.59. The number of aryl methyl sites for hydroxylation is 2. The van der Waals surface area contributed by atoms with Crippen molar-refractivity contribution >= 4 is 40.1 Å². The van der Waals surface area contributed by atoms with Gasteiger partial charge >= 0.3 is 0 Å². The summed E-state index contributed by atoms with van der Waals surface area (Å²) in [6, 6.07) is 15.9. The second-order valence-electron chi connectivity index (χ2n) is 8.98. The number of aromatic nitrogens is 4. The molecule has 0 atom stereocenters. The molecule has 0 bridgehead atoms. The Morgan fingerprint density at radius 3 is 2.50 bits per heavy atom. The summed E-state index contributed by atoms with van der Waals surface area (Å²) in [5.74, 6) is 1.07. The van der Waals surface area contributed by atoms with Gasteiger partial charge in [0.1, 0.15) is 11.6 Å². The van der Waals surface area contributed by atoms with Crippen molar-refractivity contribution in [1.29, 1.82) is 0 Å². The maximum absolute atomic E-state index is 14.0. The lowest BCUT2D eigenvalue weighted by molar-refractivity contribution is 0.122. The highest BCUT2D eigenvalue weighted by Gasteiger charge is 2.18. The van der Waals surface area contributed by atoms with Crippen LogP contribution in [0, 0.1) is 6.92 Å². The van der Waals surface area contributed by atoms with Crippen LogP contribution in [0.25, 0.3) is 27.7 Å². The molecule has 0 saturated carbocycles. The van der Waals surface area contributed by atoms with Crippen molar-refractivity contribution in [2.24, 2.45) is 12.0 Å². The fourth-order valence-corrected chi connectivity index (χ4v) is 4.65. The van der Waals surface area contributed by atoms with Crippen LogP contribution in [0.1, 0.15) is 11.3 Å². The van der Waals surface area contributed by atoms with Crippen molar-refractivity contribution in [2.45, 2.75) is 6.92 Å². The highest BCUT2D eigenvalue weighted by molar-refractivity contribution is 5.93. The molecule has 9 heteroatoms. The van der Waals surface area contributed by atoms with Gasteiger partial charge in [-0.25, -0.2) is 9.37 Å². The molecule has 8 nitrogen and oxygen atoms in total. The minimum Gasteiger partial charge on any atom is -0.378 e. The average Bonchev–Trinajstić information content (AvgIpc) is 3.46. The number of hydrogen-bond donors (Lipinski definition) is 1. The molecule has 182 valence electrons. The Balaban J connectivity index is 1.36. The topological polar surface area (TPSA) is 80.5 Å². The van der Waals surface area contributed by atoms with Crippen LogP contribution in [0.5, 0.6) is 0 Å². The van der Waals surface area contributed by atoms with E-state index in [2.05, 4.69) is 38.5 Å². The molecule has 0 aliphatic carbocycles. The molecule has 4 aromatic rings. The van der Waals surface area contributed by atoms with Gasteiger partial charge in [0.2, 0.25) is 5.95 Å². The molecule has 1 saturated heterocycles. The molecule has 4 heterocycles. The molecule has 2 aromatic heterocycles. The highest BCUT2D eigenvalue weighted by Crippen LogP contribution is 2.30. The smallest absolute Gasteiger partial charge is 0.228 e. The number of ether oxygens (including phenoxy) is 1. The Morgan fingerprint density at radius 1 is 0.972 bits per heavy atom. The van der Waals surface area contributed by atoms with Crippen LogP contribution >= 0.6 is 0 Å². The standard InChI is InChI=1S/C27H26FN7O/c1-17-21-8-5-19(13-25(21)34(2)33-17)24-14-26(32-27(31-24)35-9-11-36-12-10-35)30-20-6-3-18(4-7-20)22-15-29-16-23(22)28/h3-8,13-14,16H,9-12,15H2,1-2H3,(H,30,31,32). The predicted octanol–water partition coefficient (Wildman–Crippen LogP) is 4.68. The van der Waals surface area contributed by atoms with Gasteiger partial charge in [-0.2, -0.15) is 10.1 Å². The molecule has 36 heavy (non-hydrogen) atoms. The zero-order valence-electron chi connectivity index (χ0n) is 20.2. The number of benzene rings is 2. The van der Waals surface area contributed by atoms with Crippen LogP contribution in [0.3, 0.4) is 0 Å². The van der Waals surface area contributed by atoms with Crippen molar-refractivity contribution in [3.05, 3.63) is 65.6 Å². The Kier molecular flexibility index (Phi) is 5.69. The van der Waals surface area contributed by atoms with Crippen molar-refractivity contribution in [1.82, 2.24) is 19.7 Å². The summed E-state index contributed by atoms with van der Waals surface area (Å²) in [6.45, 7) is 5.15. The molecule has 2 aliphatic rings. The van der Waals surface area contributed by atoms with Gasteiger partial charge < -0.3 is 15.0 Å². The number of fused-ring (bicyclic) bond motifs is 1. The first-order chi connectivity index (χ1) is 17.5. The van der Waals surface area contributed by atoms with Gasteiger partial charge in [0.25, 0.3) is 0 Å². The number of nitrogens with zero attached hydrogens (tertiary/aromatic N) is 6. The summed E-state index contributed by atoms with van der Waals surface area (Å²) in [7, 11) is 1.95. The number of rotatable bonds is 5. The number of aliphatic imine (C=N–C) groups is 1. The van der Waals surface area contributed by atoms with Crippen LogP contribution < -0.4 is 10.2 Å². The maximum Gasteiger partial charge on any atom is 0.228 e. The van der Waals surface area contributed by atoms with Gasteiger partial charge in [0.15, 0.2) is 0 Å². The summed E-state index contributed by atoms with van der Waals surface area (Å²) >= 11 is 0. The number of allylic oxidation sites excluding steroid dienone is 1. The Morgan fingerprint density at radius 2 is 1.75 bits per heavy atom. The van der Waals surface area contributed by atoms with Gasteiger partial charge in [0, 0.05) is 48.4 Å². The Bertz CT molecular complexity index is 1500. The van der Waals surface area contributed by atoms with E-state index in [1.807, 2.05) is 49.0 Å². The van der Waals surface area contributed by atoms with Crippen LogP contribution in [-0.4, -0.2) is 58.8 Å². The van der Waals surface area contributed by atoms with E-state index in [-0.39, 0.29) is 5.83 Å². The van der Waals surface area contributed by atoms with Crippen molar-refractivity contribution < 1.29 is 9.13 Å². The fourth-order valence-electron chi connectivity index (χ4n) is 4.65. The quantitative estimate of drug-likeness (QED) is 0.444. The van der Waals surface area contributed by atoms with E-state index in [9.17, 15) is 4.39 Å². The minimum absolute atomic E-state index is 0.271. The first-order valence-electron chi connectivity index (χ1n) is 12.0. The van der Waals surface area contributed by atoms with Crippen molar-refractivity contribution in [3.63, 3.8) is 0 Å². The Hall–Kier alpha value is -4.11. The summed E-state index contributed by atoms with van der Waals surface area (Å²) in [6.07, 6.45) is 1.28. The van der Waals surface area contributed by atoms with Crippen LogP contribution in [0.15, 0.2) is 59.4 Å². The fraction of sp³-hybridized carbons (Fsp3) is 0.259. The summed E-state index contributed by atoms with van der Waals surface area (Å²) < 4.78 is 21.4. The third-order valence-corrected chi connectivity index (χ3v) is 6.59. The molecule has 2 aromatic carbocycles. The lowest BCUT2D eigenvalue weighted by atomic mass is 10.1. The molecule has 0 amide bonds. The summed E-state index contributed by atoms with van der Waals surface area (Å²) in [4.78, 5) is 15.9. The second-order valence-corrected chi connectivity index (χ2v) is 8.98. The Labute approximate surface area is 208 Å². The van der Waals surface area contributed by atoms with E-state index in [1.54, 1.807) is 0 Å². The van der Waals surface area contributed by atoms with Gasteiger partial charge in [-0.1, -0.05) is 24.3 Å². The molecular formula is C27H26FN7O. The highest BCUT2D eigenvalue weighted by atomic mass is 19.1. The van der Waals surface area contributed by atoms with Gasteiger partial charge in [-0.05, 0) is 30.7 Å². The molecule has 0 radical (unpaired) electrons. The molecule has 2 aliphatic heterocycles. The van der Waals surface area contributed by atoms with E-state index in [0.717, 1.165) is 52.2 Å². The van der Waals surface area contributed by atoms with Crippen molar-refractivity contribution in [2.75, 3.05) is 43.1 Å². The van der Waals surface area contributed by atoms with Crippen LogP contribution in [0.4, 0.5) is 21.8 Å². The molecule has 6 rings (SSSR count). The van der Waals surface area contributed by atoms with Crippen LogP contribution in [-0.2, 0) is 11.8 Å². The number of morpholine rings is 1. The van der Waals surface area contributed by atoms with E-state index in [4.69, 9.17) is 14.7 Å². The number of hydrogen-bond acceptors (Lipinski definition) is 7.